The van der Waals surface area contributed by atoms with E-state index >= 15 is 0 Å². The number of nitrogens with one attached hydrogen (secondary N) is 1. The van der Waals surface area contributed by atoms with Crippen LogP contribution in [0.3, 0.4) is 0 Å². The smallest absolute Gasteiger partial charge is 0.416 e. The monoisotopic (exact) mass is 525 g/mol. The Balaban J connectivity index is 0.00000456. The molecule has 3 atom stereocenters. The summed E-state index contributed by atoms with van der Waals surface area (Å²) in [7, 11) is 1.55. The molecule has 3 rings (SSSR count). The van der Waals surface area contributed by atoms with E-state index in [1.165, 1.54) is 12.1 Å². The van der Waals surface area contributed by atoms with E-state index in [0.717, 1.165) is 17.7 Å². The van der Waals surface area contributed by atoms with Crippen molar-refractivity contribution in [2.24, 2.45) is 0 Å². The van der Waals surface area contributed by atoms with E-state index in [-0.39, 0.29) is 31.6 Å². The molecule has 36 heavy (non-hydrogen) atoms. The quantitative estimate of drug-likeness (QED) is 0.301. The van der Waals surface area contributed by atoms with Gasteiger partial charge in [-0.2, -0.15) is 13.2 Å². The first-order valence-electron chi connectivity index (χ1n) is 11.3. The van der Waals surface area contributed by atoms with Crippen LogP contribution in [0.2, 0.25) is 0 Å². The second-order valence-electron chi connectivity index (χ2n) is 8.20. The van der Waals surface area contributed by atoms with Gasteiger partial charge in [0.15, 0.2) is 11.5 Å². The van der Waals surface area contributed by atoms with E-state index in [0.29, 0.717) is 23.7 Å². The number of ether oxygens (including phenoxy) is 3. The fourth-order valence-corrected chi connectivity index (χ4v) is 3.53. The molecule has 0 amide bonds. The number of alkyl halides is 3. The highest BCUT2D eigenvalue weighted by Gasteiger charge is 2.30. The number of hydrogen-bond donors (Lipinski definition) is 2. The van der Waals surface area contributed by atoms with Crippen LogP contribution in [-0.2, 0) is 6.18 Å². The van der Waals surface area contributed by atoms with Crippen LogP contribution in [0, 0.1) is 0 Å². The number of methoxy groups -OCH3 is 1. The highest BCUT2D eigenvalue weighted by molar-refractivity contribution is 5.85. The van der Waals surface area contributed by atoms with Crippen LogP contribution in [0.15, 0.2) is 78.9 Å². The van der Waals surface area contributed by atoms with Crippen molar-refractivity contribution in [1.29, 1.82) is 0 Å². The molecule has 2 N–H and O–H groups in total. The number of aliphatic hydroxyl groups excluding tert-OH is 1. The van der Waals surface area contributed by atoms with E-state index < -0.39 is 23.9 Å². The van der Waals surface area contributed by atoms with Gasteiger partial charge in [0.2, 0.25) is 0 Å². The summed E-state index contributed by atoms with van der Waals surface area (Å²) in [6.45, 7) is 2.34. The van der Waals surface area contributed by atoms with Crippen molar-refractivity contribution in [3.05, 3.63) is 90.0 Å². The lowest BCUT2D eigenvalue weighted by Crippen LogP contribution is -2.37. The fourth-order valence-electron chi connectivity index (χ4n) is 3.53. The Kier molecular flexibility index (Phi) is 11.4. The summed E-state index contributed by atoms with van der Waals surface area (Å²) in [5, 5.41) is 13.6. The molecule has 0 radical (unpaired) electrons. The molecule has 0 saturated carbocycles. The lowest BCUT2D eigenvalue weighted by molar-refractivity contribution is -0.137. The van der Waals surface area contributed by atoms with Crippen LogP contribution >= 0.6 is 12.4 Å². The van der Waals surface area contributed by atoms with Crippen LogP contribution in [-0.4, -0.2) is 37.5 Å². The van der Waals surface area contributed by atoms with E-state index in [1.54, 1.807) is 19.2 Å². The van der Waals surface area contributed by atoms with Crippen LogP contribution in [0.1, 0.15) is 30.6 Å². The molecule has 5 nitrogen and oxygen atoms in total. The van der Waals surface area contributed by atoms with Gasteiger partial charge in [-0.05, 0) is 48.9 Å². The first kappa shape index (κ1) is 29.3. The zero-order chi connectivity index (χ0) is 25.3. The van der Waals surface area contributed by atoms with Gasteiger partial charge in [0.25, 0.3) is 0 Å². The number of hydrogen-bond acceptors (Lipinski definition) is 5. The summed E-state index contributed by atoms with van der Waals surface area (Å²) in [5.74, 6) is 1.49. The molecule has 3 aromatic rings. The Bertz CT molecular complexity index is 1040. The Labute approximate surface area is 215 Å². The molecule has 196 valence electrons. The van der Waals surface area contributed by atoms with Crippen molar-refractivity contribution >= 4 is 12.4 Å². The van der Waals surface area contributed by atoms with Crippen molar-refractivity contribution in [2.45, 2.75) is 37.8 Å². The first-order valence-corrected chi connectivity index (χ1v) is 11.3. The maximum atomic E-state index is 12.9. The second-order valence-corrected chi connectivity index (χ2v) is 8.20. The molecule has 0 aromatic heterocycles. The third-order valence-corrected chi connectivity index (χ3v) is 5.40. The molecule has 9 heteroatoms. The Hall–Kier alpha value is -2.94. The van der Waals surface area contributed by atoms with Crippen molar-refractivity contribution in [2.75, 3.05) is 20.3 Å². The Morgan fingerprint density at radius 2 is 1.50 bits per heavy atom. The maximum absolute atomic E-state index is 12.9. The van der Waals surface area contributed by atoms with Crippen LogP contribution in [0.5, 0.6) is 17.2 Å². The molecule has 0 aliphatic carbocycles. The van der Waals surface area contributed by atoms with Crippen LogP contribution in [0.4, 0.5) is 13.2 Å². The summed E-state index contributed by atoms with van der Waals surface area (Å²) in [4.78, 5) is 0. The number of halogens is 4. The van der Waals surface area contributed by atoms with Gasteiger partial charge in [0.1, 0.15) is 24.6 Å². The van der Waals surface area contributed by atoms with Gasteiger partial charge in [0, 0.05) is 19.0 Å². The summed E-state index contributed by atoms with van der Waals surface area (Å²) in [6.07, 6.45) is -5.01. The zero-order valence-corrected chi connectivity index (χ0v) is 20.9. The predicted octanol–water partition coefficient (Wildman–Crippen LogP) is 6.06. The number of aliphatic hydroxyl groups is 1. The first-order chi connectivity index (χ1) is 16.8. The van der Waals surface area contributed by atoms with Gasteiger partial charge in [-0.15, -0.1) is 12.4 Å². The van der Waals surface area contributed by atoms with Gasteiger partial charge in [-0.25, -0.2) is 0 Å². The van der Waals surface area contributed by atoms with E-state index in [9.17, 15) is 18.3 Å². The van der Waals surface area contributed by atoms with Gasteiger partial charge in [0.05, 0.1) is 12.7 Å². The topological polar surface area (TPSA) is 60.0 Å². The minimum atomic E-state index is -4.40. The molecule has 0 aliphatic heterocycles. The SMILES string of the molecule is COc1ccccc1OCC(O)CNC(C)CC(Oc1ccc(C(F)(F)F)cc1)c1ccccc1.Cl. The molecule has 0 fully saturated rings. The predicted molar refractivity (Wildman–Crippen MR) is 135 cm³/mol. The molecule has 0 spiro atoms. The molecule has 3 unspecified atom stereocenters. The maximum Gasteiger partial charge on any atom is 0.416 e. The lowest BCUT2D eigenvalue weighted by Gasteiger charge is -2.25. The largest absolute Gasteiger partial charge is 0.493 e. The van der Waals surface area contributed by atoms with Gasteiger partial charge in [-0.3, -0.25) is 0 Å². The van der Waals surface area contributed by atoms with Gasteiger partial charge < -0.3 is 24.6 Å². The average Bonchev–Trinajstić information content (AvgIpc) is 2.86. The number of rotatable bonds is 12. The number of para-hydroxylation sites is 2. The normalized spacial score (nSPS) is 13.7. The molecule has 0 bridgehead atoms. The molecule has 3 aromatic carbocycles. The molecule has 0 aliphatic rings. The third-order valence-electron chi connectivity index (χ3n) is 5.40. The summed E-state index contributed by atoms with van der Waals surface area (Å²) >= 11 is 0. The zero-order valence-electron chi connectivity index (χ0n) is 20.1. The minimum absolute atomic E-state index is 0. The van der Waals surface area contributed by atoms with Gasteiger partial charge >= 0.3 is 6.18 Å². The average molecular weight is 526 g/mol. The van der Waals surface area contributed by atoms with Crippen LogP contribution in [0.25, 0.3) is 0 Å². The van der Waals surface area contributed by atoms with Crippen molar-refractivity contribution in [3.8, 4) is 17.2 Å². The number of benzene rings is 3. The van der Waals surface area contributed by atoms with Crippen LogP contribution < -0.4 is 19.5 Å². The highest BCUT2D eigenvalue weighted by atomic mass is 35.5. The standard InChI is InChI=1S/C27H30F3NO4.ClH/c1-19(31-17-22(32)18-34-25-11-7-6-10-24(25)33-2)16-26(20-8-4-3-5-9-20)35-23-14-12-21(13-15-23)27(28,29)30;/h3-15,19,22,26,31-32H,16-18H2,1-2H3;1H. The van der Waals surface area contributed by atoms with E-state index in [1.807, 2.05) is 49.4 Å². The fraction of sp³-hybridized carbons (Fsp3) is 0.333. The minimum Gasteiger partial charge on any atom is -0.493 e. The lowest BCUT2D eigenvalue weighted by atomic mass is 10.0. The third kappa shape index (κ3) is 8.93. The Morgan fingerprint density at radius 1 is 0.889 bits per heavy atom. The van der Waals surface area contributed by atoms with Crippen molar-refractivity contribution < 1.29 is 32.5 Å². The molecular formula is C27H31ClF3NO4. The second kappa shape index (κ2) is 14.0. The van der Waals surface area contributed by atoms with Crippen molar-refractivity contribution in [3.63, 3.8) is 0 Å². The highest BCUT2D eigenvalue weighted by Crippen LogP contribution is 2.32. The van der Waals surface area contributed by atoms with E-state index in [4.69, 9.17) is 14.2 Å². The Morgan fingerprint density at radius 3 is 2.11 bits per heavy atom. The molecular weight excluding hydrogens is 495 g/mol. The van der Waals surface area contributed by atoms with Crippen molar-refractivity contribution in [1.82, 2.24) is 5.32 Å². The summed E-state index contributed by atoms with van der Waals surface area (Å²) in [5.41, 5.74) is 0.182. The van der Waals surface area contributed by atoms with E-state index in [2.05, 4.69) is 5.32 Å². The molecule has 0 saturated heterocycles. The van der Waals surface area contributed by atoms with Gasteiger partial charge in [-0.1, -0.05) is 42.5 Å². The summed E-state index contributed by atoms with van der Waals surface area (Å²) < 4.78 is 55.6. The summed E-state index contributed by atoms with van der Waals surface area (Å²) in [6, 6.07) is 21.3. The molecule has 0 heterocycles.